The van der Waals surface area contributed by atoms with Crippen LogP contribution in [0.3, 0.4) is 0 Å². The van der Waals surface area contributed by atoms with E-state index in [2.05, 4.69) is 14.9 Å². The van der Waals surface area contributed by atoms with Crippen molar-refractivity contribution in [3.05, 3.63) is 18.5 Å². The highest BCUT2D eigenvalue weighted by atomic mass is 16.7. The van der Waals surface area contributed by atoms with Crippen LogP contribution in [0.15, 0.2) is 18.5 Å². The summed E-state index contributed by atoms with van der Waals surface area (Å²) < 4.78 is 5.61. The number of hydrogen-bond donors (Lipinski definition) is 0. The minimum Gasteiger partial charge on any atom is -0.380 e. The van der Waals surface area contributed by atoms with E-state index in [-0.39, 0.29) is 11.8 Å². The summed E-state index contributed by atoms with van der Waals surface area (Å²) in [6.45, 7) is 3.72. The summed E-state index contributed by atoms with van der Waals surface area (Å²) in [6, 6.07) is 1.79. The second kappa shape index (κ2) is 4.92. The highest BCUT2D eigenvalue weighted by Crippen LogP contribution is 2.44. The third-order valence-electron chi connectivity index (χ3n) is 4.61. The summed E-state index contributed by atoms with van der Waals surface area (Å²) in [4.78, 5) is 29.0. The highest BCUT2D eigenvalue weighted by Gasteiger charge is 2.58. The maximum absolute atomic E-state index is 12.9. The topological polar surface area (TPSA) is 67.8 Å². The zero-order valence-corrected chi connectivity index (χ0v) is 11.8. The molecule has 3 aliphatic heterocycles. The molecule has 112 valence electrons. The number of carbonyl (C=O) groups is 1. The van der Waals surface area contributed by atoms with Gasteiger partial charge in [0.2, 0.25) is 5.95 Å². The first-order chi connectivity index (χ1) is 10.3. The molecule has 1 amide bonds. The molecular formula is C14H18N4O3. The van der Waals surface area contributed by atoms with E-state index in [1.54, 1.807) is 18.5 Å². The molecule has 0 saturated carbocycles. The Morgan fingerprint density at radius 2 is 2.24 bits per heavy atom. The number of nitrogens with zero attached hydrogens (tertiary/aromatic N) is 4. The van der Waals surface area contributed by atoms with Crippen LogP contribution in [0.25, 0.3) is 0 Å². The number of carbonyl (C=O) groups excluding carboxylic acids is 1. The fourth-order valence-electron chi connectivity index (χ4n) is 3.50. The molecule has 3 fully saturated rings. The van der Waals surface area contributed by atoms with Crippen LogP contribution in [0.4, 0.5) is 5.95 Å². The van der Waals surface area contributed by atoms with Crippen LogP contribution in [-0.4, -0.2) is 60.4 Å². The minimum atomic E-state index is -0.510. The van der Waals surface area contributed by atoms with Crippen LogP contribution < -0.4 is 4.90 Å². The summed E-state index contributed by atoms with van der Waals surface area (Å²) in [6.07, 6.45) is 4.36. The Bertz CT molecular complexity index is 534. The Labute approximate surface area is 122 Å². The summed E-state index contributed by atoms with van der Waals surface area (Å²) in [5.41, 5.74) is -0.510. The lowest BCUT2D eigenvalue weighted by Crippen LogP contribution is -2.47. The second-order valence-corrected chi connectivity index (χ2v) is 5.89. The van der Waals surface area contributed by atoms with Crippen LogP contribution in [0, 0.1) is 11.3 Å². The molecule has 0 spiro atoms. The normalized spacial score (nSPS) is 31.7. The van der Waals surface area contributed by atoms with Crippen LogP contribution in [0.5, 0.6) is 0 Å². The SMILES string of the molecule is O=C(N1CCCO1)[C@]12COC[C@H]1CN(c1ncccn1)C2. The van der Waals surface area contributed by atoms with E-state index in [0.717, 1.165) is 13.0 Å². The quantitative estimate of drug-likeness (QED) is 0.769. The molecule has 3 aliphatic rings. The molecule has 0 N–H and O–H groups in total. The molecule has 0 bridgehead atoms. The predicted molar refractivity (Wildman–Crippen MR) is 73.3 cm³/mol. The minimum absolute atomic E-state index is 0.0564. The van der Waals surface area contributed by atoms with Crippen molar-refractivity contribution in [1.82, 2.24) is 15.0 Å². The van der Waals surface area contributed by atoms with Gasteiger partial charge in [0.1, 0.15) is 0 Å². The third kappa shape index (κ3) is 1.99. The maximum Gasteiger partial charge on any atom is 0.256 e. The summed E-state index contributed by atoms with van der Waals surface area (Å²) >= 11 is 0. The van der Waals surface area contributed by atoms with Crippen molar-refractivity contribution in [3.8, 4) is 0 Å². The van der Waals surface area contributed by atoms with Crippen molar-refractivity contribution in [2.45, 2.75) is 6.42 Å². The fourth-order valence-corrected chi connectivity index (χ4v) is 3.50. The second-order valence-electron chi connectivity index (χ2n) is 5.89. The van der Waals surface area contributed by atoms with Gasteiger partial charge in [-0.05, 0) is 12.5 Å². The first kappa shape index (κ1) is 13.0. The third-order valence-corrected chi connectivity index (χ3v) is 4.61. The largest absolute Gasteiger partial charge is 0.380 e. The summed E-state index contributed by atoms with van der Waals surface area (Å²) in [5.74, 6) is 0.917. The molecule has 1 aromatic rings. The number of rotatable bonds is 2. The lowest BCUT2D eigenvalue weighted by Gasteiger charge is -2.29. The van der Waals surface area contributed by atoms with Gasteiger partial charge < -0.3 is 9.64 Å². The molecule has 7 nitrogen and oxygen atoms in total. The van der Waals surface area contributed by atoms with Gasteiger partial charge in [-0.2, -0.15) is 0 Å². The summed E-state index contributed by atoms with van der Waals surface area (Å²) in [7, 11) is 0. The van der Waals surface area contributed by atoms with E-state index in [1.807, 2.05) is 0 Å². The number of amides is 1. The van der Waals surface area contributed by atoms with Crippen molar-refractivity contribution in [1.29, 1.82) is 0 Å². The van der Waals surface area contributed by atoms with E-state index in [9.17, 15) is 4.79 Å². The molecule has 3 saturated heterocycles. The lowest BCUT2D eigenvalue weighted by molar-refractivity contribution is -0.180. The smallest absolute Gasteiger partial charge is 0.256 e. The Balaban J connectivity index is 1.60. The molecule has 0 aliphatic carbocycles. The number of fused-ring (bicyclic) bond motifs is 1. The van der Waals surface area contributed by atoms with Gasteiger partial charge in [-0.1, -0.05) is 0 Å². The van der Waals surface area contributed by atoms with Crippen molar-refractivity contribution in [2.75, 3.05) is 44.4 Å². The number of hydroxylamine groups is 2. The number of hydrogen-bond acceptors (Lipinski definition) is 6. The first-order valence-corrected chi connectivity index (χ1v) is 7.34. The zero-order chi connectivity index (χ0) is 14.3. The fraction of sp³-hybridized carbons (Fsp3) is 0.643. The standard InChI is InChI=1S/C14H18N4O3/c19-12(18-5-2-6-21-18)14-9-17(7-11(14)8-20-10-14)13-15-3-1-4-16-13/h1,3-4,11H,2,5-10H2/t11-,14-/m1/s1. The van der Waals surface area contributed by atoms with Gasteiger partial charge in [-0.3, -0.25) is 9.63 Å². The number of ether oxygens (including phenoxy) is 1. The molecule has 1 aromatic heterocycles. The van der Waals surface area contributed by atoms with Gasteiger partial charge in [0.05, 0.1) is 31.8 Å². The van der Waals surface area contributed by atoms with E-state index in [0.29, 0.717) is 38.9 Å². The van der Waals surface area contributed by atoms with E-state index in [4.69, 9.17) is 9.57 Å². The van der Waals surface area contributed by atoms with Crippen molar-refractivity contribution in [3.63, 3.8) is 0 Å². The average Bonchev–Trinajstić information content (AvgIpc) is 3.23. The van der Waals surface area contributed by atoms with Gasteiger partial charge >= 0.3 is 0 Å². The van der Waals surface area contributed by atoms with Gasteiger partial charge in [0.15, 0.2) is 0 Å². The Morgan fingerprint density at radius 3 is 3.00 bits per heavy atom. The molecule has 21 heavy (non-hydrogen) atoms. The Morgan fingerprint density at radius 1 is 1.38 bits per heavy atom. The number of aromatic nitrogens is 2. The lowest BCUT2D eigenvalue weighted by atomic mass is 9.80. The van der Waals surface area contributed by atoms with Crippen molar-refractivity contribution in [2.24, 2.45) is 11.3 Å². The molecule has 4 heterocycles. The van der Waals surface area contributed by atoms with Crippen molar-refractivity contribution < 1.29 is 14.4 Å². The van der Waals surface area contributed by atoms with E-state index >= 15 is 0 Å². The van der Waals surface area contributed by atoms with Crippen LogP contribution in [-0.2, 0) is 14.4 Å². The molecule has 4 rings (SSSR count). The van der Waals surface area contributed by atoms with Crippen LogP contribution in [0.1, 0.15) is 6.42 Å². The van der Waals surface area contributed by atoms with E-state index < -0.39 is 5.41 Å². The summed E-state index contributed by atoms with van der Waals surface area (Å²) in [5, 5.41) is 1.52. The highest BCUT2D eigenvalue weighted by molar-refractivity contribution is 5.84. The van der Waals surface area contributed by atoms with Gasteiger partial charge in [0, 0.05) is 31.4 Å². The van der Waals surface area contributed by atoms with E-state index in [1.165, 1.54) is 5.06 Å². The van der Waals surface area contributed by atoms with Crippen LogP contribution >= 0.6 is 0 Å². The van der Waals surface area contributed by atoms with Crippen molar-refractivity contribution >= 4 is 11.9 Å². The van der Waals surface area contributed by atoms with Crippen LogP contribution in [0.2, 0.25) is 0 Å². The molecule has 7 heteroatoms. The molecular weight excluding hydrogens is 272 g/mol. The zero-order valence-electron chi connectivity index (χ0n) is 11.8. The van der Waals surface area contributed by atoms with Gasteiger partial charge in [-0.15, -0.1) is 0 Å². The van der Waals surface area contributed by atoms with Gasteiger partial charge in [-0.25, -0.2) is 15.0 Å². The molecule has 0 unspecified atom stereocenters. The molecule has 2 atom stereocenters. The average molecular weight is 290 g/mol. The predicted octanol–water partition coefficient (Wildman–Crippen LogP) is 0.0933. The first-order valence-electron chi connectivity index (χ1n) is 7.34. The Kier molecular flexibility index (Phi) is 3.04. The number of anilines is 1. The molecule has 0 aromatic carbocycles. The Hall–Kier alpha value is -1.73. The molecule has 0 radical (unpaired) electrons. The monoisotopic (exact) mass is 290 g/mol. The maximum atomic E-state index is 12.9. The van der Waals surface area contributed by atoms with Gasteiger partial charge in [0.25, 0.3) is 5.91 Å².